The Balaban J connectivity index is 2.33. The van der Waals surface area contributed by atoms with E-state index in [1.54, 1.807) is 44.2 Å². The van der Waals surface area contributed by atoms with Crippen molar-refractivity contribution in [1.29, 1.82) is 0 Å². The maximum absolute atomic E-state index is 13.2. The predicted octanol–water partition coefficient (Wildman–Crippen LogP) is 1.91. The van der Waals surface area contributed by atoms with Crippen molar-refractivity contribution in [2.75, 3.05) is 25.5 Å². The molecule has 0 aromatic heterocycles. The number of carbonyl (C=O) groups excluding carboxylic acids is 2. The lowest BCUT2D eigenvalue weighted by Gasteiger charge is -2.20. The molecule has 0 heterocycles. The Labute approximate surface area is 172 Å². The number of rotatable bonds is 7. The molecule has 2 aromatic carbocycles. The third kappa shape index (κ3) is 5.80. The second kappa shape index (κ2) is 9.56. The predicted molar refractivity (Wildman–Crippen MR) is 113 cm³/mol. The number of anilines is 1. The minimum atomic E-state index is -3.79. The Morgan fingerprint density at radius 2 is 1.52 bits per heavy atom. The molecule has 0 fully saturated rings. The monoisotopic (exact) mass is 417 g/mol. The van der Waals surface area contributed by atoms with Gasteiger partial charge in [0.05, 0.1) is 4.90 Å². The molecular formula is C21H27N3O4S. The van der Waals surface area contributed by atoms with E-state index in [1.807, 2.05) is 31.1 Å². The van der Waals surface area contributed by atoms with Gasteiger partial charge in [0.25, 0.3) is 0 Å². The minimum Gasteiger partial charge on any atom is -0.378 e. The summed E-state index contributed by atoms with van der Waals surface area (Å²) in [6.45, 7) is 3.25. The lowest BCUT2D eigenvalue weighted by atomic mass is 10.1. The van der Waals surface area contributed by atoms with E-state index in [4.69, 9.17) is 0 Å². The van der Waals surface area contributed by atoms with Crippen LogP contribution in [0.5, 0.6) is 0 Å². The number of benzene rings is 2. The van der Waals surface area contributed by atoms with Crippen molar-refractivity contribution in [3.63, 3.8) is 0 Å². The van der Waals surface area contributed by atoms with Crippen LogP contribution in [0.2, 0.25) is 0 Å². The molecule has 2 amide bonds. The van der Waals surface area contributed by atoms with Crippen LogP contribution in [0.1, 0.15) is 24.7 Å². The van der Waals surface area contributed by atoms with Gasteiger partial charge in [-0.3, -0.25) is 9.59 Å². The van der Waals surface area contributed by atoms with Crippen LogP contribution < -0.4 is 15.5 Å². The summed E-state index contributed by atoms with van der Waals surface area (Å²) in [5.74, 6) is -1.66. The van der Waals surface area contributed by atoms with Gasteiger partial charge in [0.15, 0.2) is 9.84 Å². The fraction of sp³-hybridized carbons (Fsp3) is 0.333. The summed E-state index contributed by atoms with van der Waals surface area (Å²) in [7, 11) is -0.0124. The molecule has 0 saturated heterocycles. The molecule has 8 heteroatoms. The highest BCUT2D eigenvalue weighted by Gasteiger charge is 2.30. The molecule has 29 heavy (non-hydrogen) atoms. The molecule has 1 atom stereocenters. The van der Waals surface area contributed by atoms with Crippen molar-refractivity contribution in [3.8, 4) is 0 Å². The summed E-state index contributed by atoms with van der Waals surface area (Å²) < 4.78 is 26.5. The molecule has 0 saturated carbocycles. The second-order valence-electron chi connectivity index (χ2n) is 7.17. The standard InChI is InChI=1S/C21H27N3O4S/c1-15(2)23-21(26)20(25)22-14-19(16-10-12-17(13-11-16)24(3)4)29(27,28)18-8-6-5-7-9-18/h5-13,15,19H,14H2,1-4H3,(H,22,25)(H,23,26)/t19-/m0/s1. The number of carbonyl (C=O) groups is 2. The summed E-state index contributed by atoms with van der Waals surface area (Å²) >= 11 is 0. The highest BCUT2D eigenvalue weighted by Crippen LogP contribution is 2.29. The topological polar surface area (TPSA) is 95.6 Å². The third-order valence-corrected chi connectivity index (χ3v) is 6.42. The Bertz CT molecular complexity index is 940. The summed E-state index contributed by atoms with van der Waals surface area (Å²) in [4.78, 5) is 26.0. The number of hydrogen-bond acceptors (Lipinski definition) is 5. The average Bonchev–Trinajstić information content (AvgIpc) is 2.68. The van der Waals surface area contributed by atoms with Crippen LogP contribution >= 0.6 is 0 Å². The van der Waals surface area contributed by atoms with Crippen molar-refractivity contribution in [3.05, 3.63) is 60.2 Å². The van der Waals surface area contributed by atoms with Crippen LogP contribution in [-0.2, 0) is 19.4 Å². The van der Waals surface area contributed by atoms with Crippen molar-refractivity contribution in [1.82, 2.24) is 10.6 Å². The van der Waals surface area contributed by atoms with Crippen LogP contribution in [0.3, 0.4) is 0 Å². The van der Waals surface area contributed by atoms with Crippen molar-refractivity contribution in [2.45, 2.75) is 30.0 Å². The van der Waals surface area contributed by atoms with Gasteiger partial charge >= 0.3 is 11.8 Å². The van der Waals surface area contributed by atoms with E-state index in [2.05, 4.69) is 10.6 Å². The summed E-state index contributed by atoms with van der Waals surface area (Å²) in [6.07, 6.45) is 0. The number of amides is 2. The van der Waals surface area contributed by atoms with E-state index in [0.29, 0.717) is 5.56 Å². The molecule has 2 rings (SSSR count). The van der Waals surface area contributed by atoms with Crippen LogP contribution in [0.4, 0.5) is 5.69 Å². The Morgan fingerprint density at radius 3 is 2.03 bits per heavy atom. The molecule has 2 aromatic rings. The van der Waals surface area contributed by atoms with E-state index in [9.17, 15) is 18.0 Å². The molecule has 0 aliphatic carbocycles. The number of hydrogen-bond donors (Lipinski definition) is 2. The Kier molecular flexibility index (Phi) is 7.39. The zero-order valence-corrected chi connectivity index (χ0v) is 17.9. The van der Waals surface area contributed by atoms with Crippen LogP contribution in [0.25, 0.3) is 0 Å². The smallest absolute Gasteiger partial charge is 0.309 e. The van der Waals surface area contributed by atoms with Gasteiger partial charge in [0.2, 0.25) is 0 Å². The zero-order valence-electron chi connectivity index (χ0n) is 17.0. The maximum Gasteiger partial charge on any atom is 0.309 e. The Morgan fingerprint density at radius 1 is 0.931 bits per heavy atom. The van der Waals surface area contributed by atoms with E-state index in [1.165, 1.54) is 12.1 Å². The van der Waals surface area contributed by atoms with Gasteiger partial charge in [-0.15, -0.1) is 0 Å². The number of sulfone groups is 1. The van der Waals surface area contributed by atoms with E-state index in [0.717, 1.165) is 5.69 Å². The van der Waals surface area contributed by atoms with Crippen molar-refractivity contribution in [2.24, 2.45) is 0 Å². The van der Waals surface area contributed by atoms with E-state index < -0.39 is 26.9 Å². The first-order valence-electron chi connectivity index (χ1n) is 9.28. The molecule has 0 aliphatic rings. The quantitative estimate of drug-likeness (QED) is 0.671. The van der Waals surface area contributed by atoms with Crippen molar-refractivity contribution < 1.29 is 18.0 Å². The van der Waals surface area contributed by atoms with Crippen LogP contribution in [0.15, 0.2) is 59.5 Å². The lowest BCUT2D eigenvalue weighted by Crippen LogP contribution is -2.44. The molecule has 0 aliphatic heterocycles. The minimum absolute atomic E-state index is 0.155. The van der Waals surface area contributed by atoms with E-state index >= 15 is 0 Å². The fourth-order valence-electron chi connectivity index (χ4n) is 2.76. The van der Waals surface area contributed by atoms with Crippen LogP contribution in [-0.4, -0.2) is 46.9 Å². The highest BCUT2D eigenvalue weighted by molar-refractivity contribution is 7.91. The van der Waals surface area contributed by atoms with Gasteiger partial charge in [0, 0.05) is 32.4 Å². The first-order chi connectivity index (χ1) is 13.6. The summed E-state index contributed by atoms with van der Waals surface area (Å²) in [6, 6.07) is 14.9. The van der Waals surface area contributed by atoms with Gasteiger partial charge in [-0.05, 0) is 43.7 Å². The van der Waals surface area contributed by atoms with Crippen molar-refractivity contribution >= 4 is 27.3 Å². The molecule has 156 valence electrons. The zero-order chi connectivity index (χ0) is 21.6. The molecule has 7 nitrogen and oxygen atoms in total. The van der Waals surface area contributed by atoms with Gasteiger partial charge in [0.1, 0.15) is 5.25 Å². The van der Waals surface area contributed by atoms with Gasteiger partial charge in [-0.2, -0.15) is 0 Å². The number of nitrogens with one attached hydrogen (secondary N) is 2. The second-order valence-corrected chi connectivity index (χ2v) is 9.30. The Hall–Kier alpha value is -2.87. The van der Waals surface area contributed by atoms with Gasteiger partial charge in [-0.25, -0.2) is 8.42 Å². The largest absolute Gasteiger partial charge is 0.378 e. The molecule has 0 radical (unpaired) electrons. The molecular weight excluding hydrogens is 390 g/mol. The van der Waals surface area contributed by atoms with E-state index in [-0.39, 0.29) is 17.5 Å². The first kappa shape index (κ1) is 22.4. The third-order valence-electron chi connectivity index (χ3n) is 4.30. The highest BCUT2D eigenvalue weighted by atomic mass is 32.2. The normalized spacial score (nSPS) is 12.3. The molecule has 0 spiro atoms. The maximum atomic E-state index is 13.2. The molecule has 0 unspecified atom stereocenters. The summed E-state index contributed by atoms with van der Waals surface area (Å²) in [5, 5.41) is 3.92. The van der Waals surface area contributed by atoms with Gasteiger partial charge in [-0.1, -0.05) is 30.3 Å². The van der Waals surface area contributed by atoms with Crippen LogP contribution in [0, 0.1) is 0 Å². The fourth-order valence-corrected chi connectivity index (χ4v) is 4.44. The number of nitrogens with zero attached hydrogens (tertiary/aromatic N) is 1. The SMILES string of the molecule is CC(C)NC(=O)C(=O)NC[C@@H](c1ccc(N(C)C)cc1)S(=O)(=O)c1ccccc1. The first-order valence-corrected chi connectivity index (χ1v) is 10.8. The lowest BCUT2D eigenvalue weighted by molar-refractivity contribution is -0.139. The summed E-state index contributed by atoms with van der Waals surface area (Å²) in [5.41, 5.74) is 1.45. The van der Waals surface area contributed by atoms with Gasteiger partial charge < -0.3 is 15.5 Å². The molecule has 2 N–H and O–H groups in total. The molecule has 0 bridgehead atoms. The average molecular weight is 418 g/mol.